The normalized spacial score (nSPS) is 10.6. The molecule has 3 rings (SSSR count). The highest BCUT2D eigenvalue weighted by Crippen LogP contribution is 2.37. The maximum Gasteiger partial charge on any atom is 0.347 e. The van der Waals surface area contributed by atoms with Gasteiger partial charge in [0.25, 0.3) is 0 Å². The van der Waals surface area contributed by atoms with Gasteiger partial charge in [-0.25, -0.2) is 4.79 Å². The van der Waals surface area contributed by atoms with Crippen LogP contribution in [0.1, 0.15) is 15.9 Å². The summed E-state index contributed by atoms with van der Waals surface area (Å²) in [5.41, 5.74) is 0.743. The molecule has 0 bridgehead atoms. The first-order valence-corrected chi connectivity index (χ1v) is 6.79. The van der Waals surface area contributed by atoms with Crippen molar-refractivity contribution >= 4 is 16.7 Å². The number of phenols is 2. The van der Waals surface area contributed by atoms with Crippen molar-refractivity contribution in [2.24, 2.45) is 0 Å². The van der Waals surface area contributed by atoms with Crippen LogP contribution in [0, 0.1) is 6.92 Å². The van der Waals surface area contributed by atoms with Crippen molar-refractivity contribution in [2.45, 2.75) is 6.92 Å². The standard InChI is InChI=1S/C18H14O4/c1-11-6-5-9-13-16(11)15(19)10-14(17(13)20)18(21)22-12-7-3-2-4-8-12/h2-10,19-20H,1H3. The van der Waals surface area contributed by atoms with Gasteiger partial charge in [-0.1, -0.05) is 36.4 Å². The van der Waals surface area contributed by atoms with Gasteiger partial charge in [0.1, 0.15) is 22.8 Å². The zero-order chi connectivity index (χ0) is 15.7. The van der Waals surface area contributed by atoms with E-state index in [0.717, 1.165) is 5.56 Å². The molecule has 0 aliphatic carbocycles. The minimum atomic E-state index is -0.720. The lowest BCUT2D eigenvalue weighted by Gasteiger charge is -2.11. The topological polar surface area (TPSA) is 66.8 Å². The smallest absolute Gasteiger partial charge is 0.347 e. The third-order valence-corrected chi connectivity index (χ3v) is 3.49. The van der Waals surface area contributed by atoms with Crippen LogP contribution in [0.5, 0.6) is 17.2 Å². The Kier molecular flexibility index (Phi) is 3.43. The third kappa shape index (κ3) is 2.35. The summed E-state index contributed by atoms with van der Waals surface area (Å²) in [5, 5.41) is 21.4. The monoisotopic (exact) mass is 294 g/mol. The second kappa shape index (κ2) is 5.41. The van der Waals surface area contributed by atoms with E-state index in [4.69, 9.17) is 4.74 Å². The number of aryl methyl sites for hydroxylation is 1. The molecule has 0 saturated carbocycles. The summed E-state index contributed by atoms with van der Waals surface area (Å²) in [6.07, 6.45) is 0. The van der Waals surface area contributed by atoms with E-state index in [-0.39, 0.29) is 17.1 Å². The summed E-state index contributed by atoms with van der Waals surface area (Å²) in [4.78, 5) is 12.2. The Hall–Kier alpha value is -3.01. The van der Waals surface area contributed by atoms with Crippen LogP contribution in [0.25, 0.3) is 10.8 Å². The fourth-order valence-electron chi connectivity index (χ4n) is 2.43. The van der Waals surface area contributed by atoms with E-state index in [2.05, 4.69) is 0 Å². The Bertz CT molecular complexity index is 854. The second-order valence-corrected chi connectivity index (χ2v) is 4.99. The molecule has 22 heavy (non-hydrogen) atoms. The minimum absolute atomic E-state index is 0.0640. The Morgan fingerprint density at radius 3 is 2.45 bits per heavy atom. The summed E-state index contributed by atoms with van der Waals surface area (Å²) in [7, 11) is 0. The molecule has 3 aromatic rings. The summed E-state index contributed by atoms with van der Waals surface area (Å²) < 4.78 is 5.21. The van der Waals surface area contributed by atoms with E-state index in [9.17, 15) is 15.0 Å². The Morgan fingerprint density at radius 1 is 1.00 bits per heavy atom. The fourth-order valence-corrected chi connectivity index (χ4v) is 2.43. The van der Waals surface area contributed by atoms with Gasteiger partial charge in [-0.05, 0) is 30.7 Å². The van der Waals surface area contributed by atoms with Crippen molar-refractivity contribution in [3.05, 3.63) is 65.7 Å². The Labute approximate surface area is 127 Å². The third-order valence-electron chi connectivity index (χ3n) is 3.49. The van der Waals surface area contributed by atoms with Crippen LogP contribution in [0.4, 0.5) is 0 Å². The number of benzene rings is 3. The van der Waals surface area contributed by atoms with Crippen LogP contribution in [-0.4, -0.2) is 16.2 Å². The number of carbonyl (C=O) groups is 1. The van der Waals surface area contributed by atoms with Gasteiger partial charge in [-0.15, -0.1) is 0 Å². The zero-order valence-corrected chi connectivity index (χ0v) is 11.9. The highest BCUT2D eigenvalue weighted by molar-refractivity contribution is 6.05. The molecule has 0 heterocycles. The molecular weight excluding hydrogens is 280 g/mol. The van der Waals surface area contributed by atoms with Gasteiger partial charge in [-0.3, -0.25) is 0 Å². The molecule has 0 spiro atoms. The first kappa shape index (κ1) is 13.9. The number of rotatable bonds is 2. The first-order valence-electron chi connectivity index (χ1n) is 6.79. The number of hydrogen-bond donors (Lipinski definition) is 2. The van der Waals surface area contributed by atoms with Gasteiger partial charge in [0.05, 0.1) is 0 Å². The fraction of sp³-hybridized carbons (Fsp3) is 0.0556. The molecule has 3 aromatic carbocycles. The lowest BCUT2D eigenvalue weighted by Crippen LogP contribution is -2.09. The summed E-state index contributed by atoms with van der Waals surface area (Å²) in [6.45, 7) is 1.82. The van der Waals surface area contributed by atoms with Crippen LogP contribution < -0.4 is 4.74 Å². The molecule has 0 unspecified atom stereocenters. The SMILES string of the molecule is Cc1cccc2c(O)c(C(=O)Oc3ccccc3)cc(O)c12. The number of para-hydroxylation sites is 1. The number of aromatic hydroxyl groups is 2. The van der Waals surface area contributed by atoms with Crippen molar-refractivity contribution in [3.63, 3.8) is 0 Å². The Morgan fingerprint density at radius 2 is 1.73 bits per heavy atom. The van der Waals surface area contributed by atoms with Crippen LogP contribution in [0.2, 0.25) is 0 Å². The van der Waals surface area contributed by atoms with E-state index in [0.29, 0.717) is 16.5 Å². The van der Waals surface area contributed by atoms with E-state index in [1.165, 1.54) is 6.07 Å². The molecule has 2 N–H and O–H groups in total. The number of carbonyl (C=O) groups excluding carboxylic acids is 1. The van der Waals surface area contributed by atoms with E-state index < -0.39 is 5.97 Å². The average Bonchev–Trinajstić information content (AvgIpc) is 2.51. The molecule has 0 saturated heterocycles. The number of ether oxygens (including phenoxy) is 1. The quantitative estimate of drug-likeness (QED) is 0.429. The van der Waals surface area contributed by atoms with Gasteiger partial charge < -0.3 is 14.9 Å². The number of phenolic OH excluding ortho intramolecular Hbond substituents is 2. The maximum absolute atomic E-state index is 12.2. The van der Waals surface area contributed by atoms with Crippen molar-refractivity contribution < 1.29 is 19.7 Å². The van der Waals surface area contributed by atoms with E-state index >= 15 is 0 Å². The molecule has 4 heteroatoms. The van der Waals surface area contributed by atoms with Gasteiger partial charge in [-0.2, -0.15) is 0 Å². The van der Waals surface area contributed by atoms with E-state index in [1.807, 2.05) is 13.0 Å². The molecule has 0 amide bonds. The van der Waals surface area contributed by atoms with Crippen molar-refractivity contribution in [1.29, 1.82) is 0 Å². The molecule has 110 valence electrons. The number of fused-ring (bicyclic) bond motifs is 1. The van der Waals surface area contributed by atoms with Gasteiger partial charge in [0.2, 0.25) is 0 Å². The lowest BCUT2D eigenvalue weighted by atomic mass is 10.0. The number of hydrogen-bond acceptors (Lipinski definition) is 4. The van der Waals surface area contributed by atoms with Crippen LogP contribution in [-0.2, 0) is 0 Å². The van der Waals surface area contributed by atoms with Crippen LogP contribution in [0.3, 0.4) is 0 Å². The molecular formula is C18H14O4. The highest BCUT2D eigenvalue weighted by Gasteiger charge is 2.19. The van der Waals surface area contributed by atoms with Gasteiger partial charge in [0.15, 0.2) is 0 Å². The molecule has 0 aliphatic rings. The summed E-state index contributed by atoms with van der Waals surface area (Å²) in [5.74, 6) is -0.610. The maximum atomic E-state index is 12.2. The predicted octanol–water partition coefficient (Wildman–Crippen LogP) is 3.78. The molecule has 0 aromatic heterocycles. The lowest BCUT2D eigenvalue weighted by molar-refractivity contribution is 0.0731. The largest absolute Gasteiger partial charge is 0.507 e. The minimum Gasteiger partial charge on any atom is -0.507 e. The van der Waals surface area contributed by atoms with Crippen LogP contribution in [0.15, 0.2) is 54.6 Å². The molecule has 0 aliphatic heterocycles. The Balaban J connectivity index is 2.08. The highest BCUT2D eigenvalue weighted by atomic mass is 16.5. The average molecular weight is 294 g/mol. The van der Waals surface area contributed by atoms with Crippen molar-refractivity contribution in [1.82, 2.24) is 0 Å². The zero-order valence-electron chi connectivity index (χ0n) is 11.9. The van der Waals surface area contributed by atoms with Crippen molar-refractivity contribution in [3.8, 4) is 17.2 Å². The van der Waals surface area contributed by atoms with Crippen molar-refractivity contribution in [2.75, 3.05) is 0 Å². The van der Waals surface area contributed by atoms with Crippen LogP contribution >= 0.6 is 0 Å². The molecule has 4 nitrogen and oxygen atoms in total. The molecule has 0 radical (unpaired) electrons. The molecule has 0 fully saturated rings. The van der Waals surface area contributed by atoms with E-state index in [1.54, 1.807) is 42.5 Å². The second-order valence-electron chi connectivity index (χ2n) is 4.99. The van der Waals surface area contributed by atoms with Gasteiger partial charge >= 0.3 is 5.97 Å². The summed E-state index contributed by atoms with van der Waals surface area (Å²) >= 11 is 0. The van der Waals surface area contributed by atoms with Gasteiger partial charge in [0, 0.05) is 10.8 Å². The summed E-state index contributed by atoms with van der Waals surface area (Å²) in [6, 6.07) is 15.0. The first-order chi connectivity index (χ1) is 10.6. The number of esters is 1. The predicted molar refractivity (Wildman–Crippen MR) is 83.4 cm³/mol. The molecule has 0 atom stereocenters.